The molecule has 1 heterocycles. The standard InChI is InChI=1S/C10H11BrN2/c1-7-6-10(13-12-7)8-4-2-3-5-9(8)11/h2-5,10,13H,6H2,1H3. The van der Waals surface area contributed by atoms with Gasteiger partial charge in [0.05, 0.1) is 6.04 Å². The molecule has 1 aliphatic rings. The van der Waals surface area contributed by atoms with Crippen LogP contribution in [0, 0.1) is 0 Å². The average molecular weight is 239 g/mol. The molecule has 0 bridgehead atoms. The lowest BCUT2D eigenvalue weighted by molar-refractivity contribution is 0.617. The van der Waals surface area contributed by atoms with Crippen molar-refractivity contribution >= 4 is 21.6 Å². The zero-order chi connectivity index (χ0) is 9.26. The maximum absolute atomic E-state index is 4.18. The monoisotopic (exact) mass is 238 g/mol. The molecule has 1 aliphatic heterocycles. The number of benzene rings is 1. The van der Waals surface area contributed by atoms with E-state index in [-0.39, 0.29) is 0 Å². The van der Waals surface area contributed by atoms with Crippen molar-refractivity contribution in [3.8, 4) is 0 Å². The molecule has 2 nitrogen and oxygen atoms in total. The Morgan fingerprint density at radius 2 is 2.23 bits per heavy atom. The van der Waals surface area contributed by atoms with Gasteiger partial charge >= 0.3 is 0 Å². The Bertz CT molecular complexity index is 347. The Morgan fingerprint density at radius 1 is 1.46 bits per heavy atom. The summed E-state index contributed by atoms with van der Waals surface area (Å²) in [5.41, 5.74) is 5.57. The normalized spacial score (nSPS) is 21.1. The summed E-state index contributed by atoms with van der Waals surface area (Å²) in [7, 11) is 0. The highest BCUT2D eigenvalue weighted by Gasteiger charge is 2.18. The number of hydrazone groups is 1. The van der Waals surface area contributed by atoms with E-state index >= 15 is 0 Å². The Hall–Kier alpha value is -0.830. The first-order chi connectivity index (χ1) is 6.27. The second kappa shape index (κ2) is 3.50. The molecule has 0 saturated carbocycles. The molecule has 0 aromatic heterocycles. The quantitative estimate of drug-likeness (QED) is 0.800. The van der Waals surface area contributed by atoms with E-state index in [1.54, 1.807) is 0 Å². The SMILES string of the molecule is CC1=NNC(c2ccccc2Br)C1. The van der Waals surface area contributed by atoms with Gasteiger partial charge in [-0.3, -0.25) is 0 Å². The molecule has 1 N–H and O–H groups in total. The highest BCUT2D eigenvalue weighted by Crippen LogP contribution is 2.27. The molecule has 1 atom stereocenters. The fourth-order valence-electron chi connectivity index (χ4n) is 1.51. The van der Waals surface area contributed by atoms with Gasteiger partial charge in [-0.2, -0.15) is 5.10 Å². The fraction of sp³-hybridized carbons (Fsp3) is 0.300. The second-order valence-electron chi connectivity index (χ2n) is 3.25. The van der Waals surface area contributed by atoms with E-state index in [4.69, 9.17) is 0 Å². The van der Waals surface area contributed by atoms with Crippen molar-refractivity contribution in [1.82, 2.24) is 5.43 Å². The number of rotatable bonds is 1. The molecule has 0 spiro atoms. The first kappa shape index (κ1) is 8.75. The third-order valence-corrected chi connectivity index (χ3v) is 2.91. The highest BCUT2D eigenvalue weighted by atomic mass is 79.9. The fourth-order valence-corrected chi connectivity index (χ4v) is 2.07. The number of nitrogens with one attached hydrogen (secondary N) is 1. The van der Waals surface area contributed by atoms with Crippen LogP contribution in [-0.2, 0) is 0 Å². The van der Waals surface area contributed by atoms with E-state index in [0.717, 1.165) is 10.9 Å². The lowest BCUT2D eigenvalue weighted by Gasteiger charge is -2.11. The minimum Gasteiger partial charge on any atom is -0.302 e. The average Bonchev–Trinajstić information content (AvgIpc) is 2.53. The second-order valence-corrected chi connectivity index (χ2v) is 4.11. The molecule has 0 aliphatic carbocycles. The Morgan fingerprint density at radius 3 is 2.85 bits per heavy atom. The van der Waals surface area contributed by atoms with Crippen LogP contribution in [0.1, 0.15) is 24.9 Å². The lowest BCUT2D eigenvalue weighted by atomic mass is 10.0. The van der Waals surface area contributed by atoms with Gasteiger partial charge < -0.3 is 5.43 Å². The maximum Gasteiger partial charge on any atom is 0.0753 e. The Balaban J connectivity index is 2.23. The molecule has 0 fully saturated rings. The van der Waals surface area contributed by atoms with Crippen molar-refractivity contribution < 1.29 is 0 Å². The van der Waals surface area contributed by atoms with Gasteiger partial charge in [-0.15, -0.1) is 0 Å². The van der Waals surface area contributed by atoms with Crippen LogP contribution in [0.25, 0.3) is 0 Å². The van der Waals surface area contributed by atoms with Gasteiger partial charge in [0.2, 0.25) is 0 Å². The van der Waals surface area contributed by atoms with Crippen LogP contribution < -0.4 is 5.43 Å². The topological polar surface area (TPSA) is 24.4 Å². The van der Waals surface area contributed by atoms with Gasteiger partial charge in [0.25, 0.3) is 0 Å². The summed E-state index contributed by atoms with van der Waals surface area (Å²) in [5, 5.41) is 4.18. The van der Waals surface area contributed by atoms with E-state index in [2.05, 4.69) is 44.7 Å². The summed E-state index contributed by atoms with van der Waals surface area (Å²) in [6.45, 7) is 2.05. The summed E-state index contributed by atoms with van der Waals surface area (Å²) in [5.74, 6) is 0. The molecule has 0 radical (unpaired) electrons. The Labute approximate surface area is 86.2 Å². The molecule has 1 unspecified atom stereocenters. The van der Waals surface area contributed by atoms with E-state index in [9.17, 15) is 0 Å². The van der Waals surface area contributed by atoms with Gasteiger partial charge in [-0.25, -0.2) is 0 Å². The summed E-state index contributed by atoms with van der Waals surface area (Å²) in [4.78, 5) is 0. The smallest absolute Gasteiger partial charge is 0.0753 e. The molecule has 1 aromatic carbocycles. The van der Waals surface area contributed by atoms with Crippen LogP contribution in [0.3, 0.4) is 0 Å². The van der Waals surface area contributed by atoms with Gasteiger partial charge in [-0.1, -0.05) is 34.1 Å². The van der Waals surface area contributed by atoms with E-state index < -0.39 is 0 Å². The van der Waals surface area contributed by atoms with Crippen LogP contribution in [0.5, 0.6) is 0 Å². The molecular formula is C10H11BrN2. The molecule has 3 heteroatoms. The molecule has 0 saturated heterocycles. The van der Waals surface area contributed by atoms with Gasteiger partial charge in [0, 0.05) is 16.6 Å². The Kier molecular flexibility index (Phi) is 2.36. The number of nitrogens with zero attached hydrogens (tertiary/aromatic N) is 1. The van der Waals surface area contributed by atoms with Crippen LogP contribution in [0.4, 0.5) is 0 Å². The largest absolute Gasteiger partial charge is 0.302 e. The summed E-state index contributed by atoms with van der Waals surface area (Å²) < 4.78 is 1.15. The summed E-state index contributed by atoms with van der Waals surface area (Å²) in [6, 6.07) is 8.60. The zero-order valence-corrected chi connectivity index (χ0v) is 9.01. The van der Waals surface area contributed by atoms with Crippen molar-refractivity contribution in [2.75, 3.05) is 0 Å². The van der Waals surface area contributed by atoms with Gasteiger partial charge in [-0.05, 0) is 18.6 Å². The maximum atomic E-state index is 4.18. The first-order valence-electron chi connectivity index (χ1n) is 4.30. The van der Waals surface area contributed by atoms with Crippen LogP contribution >= 0.6 is 15.9 Å². The first-order valence-corrected chi connectivity index (χ1v) is 5.10. The summed E-state index contributed by atoms with van der Waals surface area (Å²) >= 11 is 3.54. The van der Waals surface area contributed by atoms with E-state index in [0.29, 0.717) is 6.04 Å². The predicted octanol–water partition coefficient (Wildman–Crippen LogP) is 2.86. The van der Waals surface area contributed by atoms with Crippen LogP contribution in [-0.4, -0.2) is 5.71 Å². The van der Waals surface area contributed by atoms with Crippen molar-refractivity contribution in [1.29, 1.82) is 0 Å². The minimum atomic E-state index is 0.343. The number of hydrogen-bond acceptors (Lipinski definition) is 2. The van der Waals surface area contributed by atoms with Crippen molar-refractivity contribution in [3.05, 3.63) is 34.3 Å². The predicted molar refractivity (Wildman–Crippen MR) is 57.7 cm³/mol. The lowest BCUT2D eigenvalue weighted by Crippen LogP contribution is -2.10. The number of halogens is 1. The highest BCUT2D eigenvalue weighted by molar-refractivity contribution is 9.10. The molecule has 13 heavy (non-hydrogen) atoms. The van der Waals surface area contributed by atoms with Crippen molar-refractivity contribution in [3.63, 3.8) is 0 Å². The van der Waals surface area contributed by atoms with Crippen LogP contribution in [0.2, 0.25) is 0 Å². The van der Waals surface area contributed by atoms with Crippen molar-refractivity contribution in [2.24, 2.45) is 5.10 Å². The van der Waals surface area contributed by atoms with Gasteiger partial charge in [0.1, 0.15) is 0 Å². The third-order valence-electron chi connectivity index (χ3n) is 2.19. The third kappa shape index (κ3) is 1.75. The van der Waals surface area contributed by atoms with Crippen molar-refractivity contribution in [2.45, 2.75) is 19.4 Å². The zero-order valence-electron chi connectivity index (χ0n) is 7.42. The molecular weight excluding hydrogens is 228 g/mol. The van der Waals surface area contributed by atoms with Crippen LogP contribution in [0.15, 0.2) is 33.8 Å². The molecule has 0 amide bonds. The minimum absolute atomic E-state index is 0.343. The molecule has 68 valence electrons. The number of hydrogen-bond donors (Lipinski definition) is 1. The van der Waals surface area contributed by atoms with Gasteiger partial charge in [0.15, 0.2) is 0 Å². The summed E-state index contributed by atoms with van der Waals surface area (Å²) in [6.07, 6.45) is 1.00. The molecule has 1 aromatic rings. The molecule has 2 rings (SSSR count). The van der Waals surface area contributed by atoms with E-state index in [1.165, 1.54) is 11.3 Å². The van der Waals surface area contributed by atoms with E-state index in [1.807, 2.05) is 13.0 Å².